The number of H-pyrrole nitrogens is 1. The van der Waals surface area contributed by atoms with Crippen LogP contribution in [0.2, 0.25) is 0 Å². The molecule has 5 heterocycles. The number of nitrogens with zero attached hydrogens (tertiary/aromatic N) is 5. The molecule has 3 aromatic rings. The van der Waals surface area contributed by atoms with E-state index < -0.39 is 54.2 Å². The van der Waals surface area contributed by atoms with E-state index in [1.807, 2.05) is 0 Å². The van der Waals surface area contributed by atoms with Crippen molar-refractivity contribution in [1.29, 1.82) is 0 Å². The van der Waals surface area contributed by atoms with E-state index in [9.17, 15) is 24.9 Å². The summed E-state index contributed by atoms with van der Waals surface area (Å²) >= 11 is 5.29. The maximum absolute atomic E-state index is 12.1. The quantitative estimate of drug-likeness (QED) is 0.152. The zero-order valence-electron chi connectivity index (χ0n) is 20.1. The normalized spacial score (nSPS) is 29.1. The number of hydrogen-bond donors (Lipinski definition) is 7. The SMILES string of the molecule is Cc1cn([C@@H]2C[C@@H](O)[C@@H](CNC(=S)NC[C@H]3O[C@@H](n4cnc5c(N)ncnc54)[C@H](O)[C@@H]3O)O2)c(=O)[nH]c1=O. The van der Waals surface area contributed by atoms with Crippen molar-refractivity contribution >= 4 is 34.3 Å². The summed E-state index contributed by atoms with van der Waals surface area (Å²) in [6, 6.07) is 0. The van der Waals surface area contributed by atoms with Crippen molar-refractivity contribution in [2.75, 3.05) is 18.8 Å². The number of aromatic nitrogens is 6. The number of nitrogens with two attached hydrogens (primary N) is 1. The van der Waals surface area contributed by atoms with Gasteiger partial charge in [-0.05, 0) is 19.1 Å². The Morgan fingerprint density at radius 1 is 1.13 bits per heavy atom. The van der Waals surface area contributed by atoms with Gasteiger partial charge >= 0.3 is 5.69 Å². The molecule has 3 aromatic heterocycles. The molecule has 2 fully saturated rings. The molecule has 5 rings (SSSR count). The molecule has 2 saturated heterocycles. The number of thiocarbonyl (C=S) groups is 1. The lowest BCUT2D eigenvalue weighted by Crippen LogP contribution is -2.46. The molecule has 2 aliphatic heterocycles. The monoisotopic (exact) mass is 549 g/mol. The van der Waals surface area contributed by atoms with Gasteiger partial charge in [-0.2, -0.15) is 0 Å². The molecule has 7 atom stereocenters. The fourth-order valence-electron chi connectivity index (χ4n) is 4.50. The van der Waals surface area contributed by atoms with Crippen molar-refractivity contribution < 1.29 is 24.8 Å². The standard InChI is InChI=1S/C21H27N9O7S/c1-8-5-29(21(35)28-18(8)34)12-2-9(31)10(36-12)3-23-20(38)24-4-11-14(32)15(33)19(37-11)30-7-27-13-16(22)25-6-26-17(13)30/h5-7,9-12,14-15,19,31-33H,2-4H2,1H3,(H2,22,25,26)(H2,23,24,38)(H,28,34,35)/t9-,10-,11-,12+,14-,15-,19-/m1/s1. The number of anilines is 1. The zero-order chi connectivity index (χ0) is 27.1. The van der Waals surface area contributed by atoms with Crippen LogP contribution in [0.4, 0.5) is 5.82 Å². The summed E-state index contributed by atoms with van der Waals surface area (Å²) < 4.78 is 14.4. The highest BCUT2D eigenvalue weighted by atomic mass is 32.1. The number of nitrogens with one attached hydrogen (secondary N) is 3. The fraction of sp³-hybridized carbons (Fsp3) is 0.524. The maximum Gasteiger partial charge on any atom is 0.330 e. The third-order valence-corrected chi connectivity index (χ3v) is 6.88. The predicted octanol–water partition coefficient (Wildman–Crippen LogP) is -3.00. The van der Waals surface area contributed by atoms with E-state index in [0.29, 0.717) is 16.7 Å². The van der Waals surface area contributed by atoms with Gasteiger partial charge in [0.15, 0.2) is 22.8 Å². The van der Waals surface area contributed by atoms with Crippen molar-refractivity contribution in [3.63, 3.8) is 0 Å². The third-order valence-electron chi connectivity index (χ3n) is 6.59. The number of aliphatic hydroxyl groups excluding tert-OH is 3. The maximum atomic E-state index is 12.1. The summed E-state index contributed by atoms with van der Waals surface area (Å²) in [5.74, 6) is 0.181. The number of aryl methyl sites for hydroxylation is 1. The highest BCUT2D eigenvalue weighted by Crippen LogP contribution is 2.32. The van der Waals surface area contributed by atoms with Crippen molar-refractivity contribution in [1.82, 2.24) is 39.7 Å². The Kier molecular flexibility index (Phi) is 7.12. The first-order chi connectivity index (χ1) is 18.1. The number of ether oxygens (including phenoxy) is 2. The molecule has 0 saturated carbocycles. The molecular weight excluding hydrogens is 522 g/mol. The Hall–Kier alpha value is -3.48. The van der Waals surface area contributed by atoms with Gasteiger partial charge in [0.2, 0.25) is 0 Å². The molecule has 2 aliphatic rings. The zero-order valence-corrected chi connectivity index (χ0v) is 20.9. The van der Waals surface area contributed by atoms with E-state index in [1.54, 1.807) is 6.92 Å². The van der Waals surface area contributed by atoms with E-state index in [1.165, 1.54) is 28.0 Å². The van der Waals surface area contributed by atoms with Crippen LogP contribution in [0.5, 0.6) is 0 Å². The van der Waals surface area contributed by atoms with Crippen LogP contribution in [0.25, 0.3) is 11.2 Å². The average Bonchev–Trinajstić information content (AvgIpc) is 3.55. The Labute approximate surface area is 219 Å². The van der Waals surface area contributed by atoms with Crippen LogP contribution in [0.3, 0.4) is 0 Å². The van der Waals surface area contributed by atoms with Gasteiger partial charge in [0.05, 0.1) is 12.4 Å². The molecule has 0 amide bonds. The van der Waals surface area contributed by atoms with Gasteiger partial charge in [0.25, 0.3) is 5.56 Å². The Morgan fingerprint density at radius 2 is 1.87 bits per heavy atom. The smallest absolute Gasteiger partial charge is 0.330 e. The number of hydrogen-bond acceptors (Lipinski definition) is 12. The summed E-state index contributed by atoms with van der Waals surface area (Å²) in [4.78, 5) is 38.1. The van der Waals surface area contributed by atoms with E-state index in [4.69, 9.17) is 27.4 Å². The topological polar surface area (TPSA) is 228 Å². The molecule has 16 nitrogen and oxygen atoms in total. The number of aliphatic hydroxyl groups is 3. The largest absolute Gasteiger partial charge is 0.390 e. The van der Waals surface area contributed by atoms with Crippen molar-refractivity contribution in [3.8, 4) is 0 Å². The minimum absolute atomic E-state index is 0.0626. The molecule has 204 valence electrons. The average molecular weight is 550 g/mol. The second kappa shape index (κ2) is 10.4. The van der Waals surface area contributed by atoms with E-state index >= 15 is 0 Å². The number of imidazole rings is 1. The van der Waals surface area contributed by atoms with Crippen LogP contribution in [-0.4, -0.2) is 93.1 Å². The molecule has 0 aliphatic carbocycles. The van der Waals surface area contributed by atoms with Gasteiger partial charge < -0.3 is 41.2 Å². The molecular formula is C21H27N9O7S. The van der Waals surface area contributed by atoms with Crippen LogP contribution in [0.15, 0.2) is 28.4 Å². The van der Waals surface area contributed by atoms with Gasteiger partial charge in [-0.25, -0.2) is 19.7 Å². The highest BCUT2D eigenvalue weighted by Gasteiger charge is 2.44. The first-order valence-electron chi connectivity index (χ1n) is 11.8. The molecule has 17 heteroatoms. The number of rotatable bonds is 6. The first kappa shape index (κ1) is 26.1. The lowest BCUT2D eigenvalue weighted by atomic mass is 10.1. The molecule has 0 radical (unpaired) electrons. The second-order valence-electron chi connectivity index (χ2n) is 9.13. The van der Waals surface area contributed by atoms with E-state index in [-0.39, 0.29) is 30.4 Å². The first-order valence-corrected chi connectivity index (χ1v) is 12.2. The van der Waals surface area contributed by atoms with Crippen LogP contribution < -0.4 is 27.6 Å². The summed E-state index contributed by atoms with van der Waals surface area (Å²) in [5.41, 5.74) is 5.76. The van der Waals surface area contributed by atoms with E-state index in [2.05, 4.69) is 30.6 Å². The van der Waals surface area contributed by atoms with Crippen LogP contribution in [0.1, 0.15) is 24.4 Å². The lowest BCUT2D eigenvalue weighted by Gasteiger charge is -2.20. The minimum atomic E-state index is -1.27. The Morgan fingerprint density at radius 3 is 2.63 bits per heavy atom. The minimum Gasteiger partial charge on any atom is -0.390 e. The van der Waals surface area contributed by atoms with Crippen LogP contribution in [-0.2, 0) is 9.47 Å². The van der Waals surface area contributed by atoms with Crippen molar-refractivity contribution in [2.24, 2.45) is 0 Å². The number of fused-ring (bicyclic) bond motifs is 1. The molecule has 0 spiro atoms. The van der Waals surface area contributed by atoms with Gasteiger partial charge in [0, 0.05) is 31.3 Å². The molecule has 0 aromatic carbocycles. The van der Waals surface area contributed by atoms with Crippen molar-refractivity contribution in [3.05, 3.63) is 45.3 Å². The van der Waals surface area contributed by atoms with Crippen molar-refractivity contribution in [2.45, 2.75) is 56.3 Å². The van der Waals surface area contributed by atoms with Gasteiger partial charge in [-0.3, -0.25) is 18.9 Å². The summed E-state index contributed by atoms with van der Waals surface area (Å²) in [7, 11) is 0. The number of nitrogen functional groups attached to an aromatic ring is 1. The fourth-order valence-corrected chi connectivity index (χ4v) is 4.67. The Bertz CT molecular complexity index is 1460. The summed E-state index contributed by atoms with van der Waals surface area (Å²) in [6.07, 6.45) is -2.37. The van der Waals surface area contributed by atoms with Gasteiger partial charge in [0.1, 0.15) is 42.5 Å². The summed E-state index contributed by atoms with van der Waals surface area (Å²) in [5, 5.41) is 37.5. The second-order valence-corrected chi connectivity index (χ2v) is 9.54. The molecule has 8 N–H and O–H groups in total. The highest BCUT2D eigenvalue weighted by molar-refractivity contribution is 7.80. The molecule has 38 heavy (non-hydrogen) atoms. The molecule has 0 bridgehead atoms. The van der Waals surface area contributed by atoms with Crippen LogP contribution in [0, 0.1) is 6.92 Å². The predicted molar refractivity (Wildman–Crippen MR) is 135 cm³/mol. The third kappa shape index (κ3) is 4.86. The lowest BCUT2D eigenvalue weighted by molar-refractivity contribution is -0.0332. The number of aromatic amines is 1. The van der Waals surface area contributed by atoms with Gasteiger partial charge in [-0.15, -0.1) is 0 Å². The van der Waals surface area contributed by atoms with E-state index in [0.717, 1.165) is 0 Å². The van der Waals surface area contributed by atoms with Crippen LogP contribution >= 0.6 is 12.2 Å². The van der Waals surface area contributed by atoms with Gasteiger partial charge in [-0.1, -0.05) is 0 Å². The Balaban J connectivity index is 1.14. The molecule has 0 unspecified atom stereocenters. The summed E-state index contributed by atoms with van der Waals surface area (Å²) in [6.45, 7) is 1.76.